The number of carboxylic acid groups (broad SMARTS) is 1. The molecule has 0 radical (unpaired) electrons. The van der Waals surface area contributed by atoms with E-state index in [2.05, 4.69) is 5.32 Å². The second-order valence-electron chi connectivity index (χ2n) is 4.69. The van der Waals surface area contributed by atoms with Crippen molar-refractivity contribution in [2.24, 2.45) is 0 Å². The van der Waals surface area contributed by atoms with Crippen LogP contribution in [0.4, 0.5) is 0 Å². The maximum absolute atomic E-state index is 11.6. The van der Waals surface area contributed by atoms with Gasteiger partial charge in [0.1, 0.15) is 0 Å². The SMILES string of the molecule is O=C(O)CCN(CC(=O)NC1CC1)C1CC1. The first-order valence-corrected chi connectivity index (χ1v) is 5.90. The predicted octanol–water partition coefficient (Wildman–Crippen LogP) is 0.204. The van der Waals surface area contributed by atoms with Crippen LogP contribution in [0.1, 0.15) is 32.1 Å². The summed E-state index contributed by atoms with van der Waals surface area (Å²) in [5.41, 5.74) is 0. The van der Waals surface area contributed by atoms with E-state index in [9.17, 15) is 9.59 Å². The van der Waals surface area contributed by atoms with Gasteiger partial charge in [0.2, 0.25) is 5.91 Å². The topological polar surface area (TPSA) is 69.6 Å². The summed E-state index contributed by atoms with van der Waals surface area (Å²) >= 11 is 0. The predicted molar refractivity (Wildman–Crippen MR) is 58.0 cm³/mol. The summed E-state index contributed by atoms with van der Waals surface area (Å²) in [4.78, 5) is 24.1. The Balaban J connectivity index is 1.72. The summed E-state index contributed by atoms with van der Waals surface area (Å²) < 4.78 is 0. The first-order valence-electron chi connectivity index (χ1n) is 5.90. The lowest BCUT2D eigenvalue weighted by Gasteiger charge is -2.20. The maximum atomic E-state index is 11.6. The van der Waals surface area contributed by atoms with E-state index in [1.807, 2.05) is 4.90 Å². The average molecular weight is 226 g/mol. The first-order chi connectivity index (χ1) is 7.65. The Morgan fingerprint density at radius 2 is 1.94 bits per heavy atom. The summed E-state index contributed by atoms with van der Waals surface area (Å²) in [5, 5.41) is 11.6. The molecule has 2 rings (SSSR count). The minimum absolute atomic E-state index is 0.0415. The Morgan fingerprint density at radius 1 is 1.25 bits per heavy atom. The zero-order valence-corrected chi connectivity index (χ0v) is 9.32. The molecule has 5 heteroatoms. The molecule has 1 amide bonds. The standard InChI is InChI=1S/C11H18N2O3/c14-10(12-8-1-2-8)7-13(9-3-4-9)6-5-11(15)16/h8-9H,1-7H2,(H,12,14)(H,15,16). The van der Waals surface area contributed by atoms with Crippen molar-refractivity contribution in [1.82, 2.24) is 10.2 Å². The third-order valence-corrected chi connectivity index (χ3v) is 2.97. The van der Waals surface area contributed by atoms with E-state index in [1.54, 1.807) is 0 Å². The van der Waals surface area contributed by atoms with E-state index in [0.717, 1.165) is 25.7 Å². The number of hydrogen-bond acceptors (Lipinski definition) is 3. The highest BCUT2D eigenvalue weighted by atomic mass is 16.4. The Labute approximate surface area is 94.8 Å². The number of carboxylic acids is 1. The summed E-state index contributed by atoms with van der Waals surface area (Å²) in [7, 11) is 0. The molecule has 2 saturated carbocycles. The molecule has 0 unspecified atom stereocenters. The van der Waals surface area contributed by atoms with Crippen LogP contribution in [0.5, 0.6) is 0 Å². The summed E-state index contributed by atoms with van der Waals surface area (Å²) in [6, 6.07) is 0.817. The van der Waals surface area contributed by atoms with Crippen LogP contribution in [0.3, 0.4) is 0 Å². The highest BCUT2D eigenvalue weighted by molar-refractivity contribution is 5.78. The summed E-state index contributed by atoms with van der Waals surface area (Å²) in [5.74, 6) is -0.756. The number of rotatable bonds is 7. The van der Waals surface area contributed by atoms with Crippen molar-refractivity contribution >= 4 is 11.9 Å². The zero-order valence-electron chi connectivity index (χ0n) is 9.32. The van der Waals surface area contributed by atoms with E-state index >= 15 is 0 Å². The van der Waals surface area contributed by atoms with Crippen molar-refractivity contribution in [2.75, 3.05) is 13.1 Å². The van der Waals surface area contributed by atoms with Crippen LogP contribution < -0.4 is 5.32 Å². The quantitative estimate of drug-likeness (QED) is 0.651. The second-order valence-corrected chi connectivity index (χ2v) is 4.69. The molecular formula is C11H18N2O3. The largest absolute Gasteiger partial charge is 0.481 e. The lowest BCUT2D eigenvalue weighted by molar-refractivity contribution is -0.137. The van der Waals surface area contributed by atoms with Crippen LogP contribution in [0.25, 0.3) is 0 Å². The van der Waals surface area contributed by atoms with Gasteiger partial charge in [-0.3, -0.25) is 14.5 Å². The van der Waals surface area contributed by atoms with Gasteiger partial charge in [-0.2, -0.15) is 0 Å². The smallest absolute Gasteiger partial charge is 0.304 e. The molecule has 0 aliphatic heterocycles. The highest BCUT2D eigenvalue weighted by Crippen LogP contribution is 2.26. The first kappa shape index (κ1) is 11.4. The third-order valence-electron chi connectivity index (χ3n) is 2.97. The molecule has 0 aromatic rings. The fourth-order valence-corrected chi connectivity index (χ4v) is 1.76. The van der Waals surface area contributed by atoms with Crippen molar-refractivity contribution in [3.8, 4) is 0 Å². The Kier molecular flexibility index (Phi) is 3.43. The fourth-order valence-electron chi connectivity index (χ4n) is 1.76. The van der Waals surface area contributed by atoms with E-state index in [4.69, 9.17) is 5.11 Å². The van der Waals surface area contributed by atoms with Gasteiger partial charge in [0.25, 0.3) is 0 Å². The molecule has 0 aromatic carbocycles. The normalized spacial score (nSPS) is 19.8. The molecule has 0 bridgehead atoms. The van der Waals surface area contributed by atoms with Crippen molar-refractivity contribution in [3.05, 3.63) is 0 Å². The lowest BCUT2D eigenvalue weighted by Crippen LogP contribution is -2.40. The van der Waals surface area contributed by atoms with Gasteiger partial charge in [0.15, 0.2) is 0 Å². The maximum Gasteiger partial charge on any atom is 0.304 e. The molecule has 0 aromatic heterocycles. The van der Waals surface area contributed by atoms with E-state index in [0.29, 0.717) is 25.2 Å². The molecule has 2 N–H and O–H groups in total. The van der Waals surface area contributed by atoms with E-state index in [1.165, 1.54) is 0 Å². The molecule has 0 saturated heterocycles. The van der Waals surface area contributed by atoms with Gasteiger partial charge in [-0.25, -0.2) is 0 Å². The van der Waals surface area contributed by atoms with Crippen molar-refractivity contribution in [2.45, 2.75) is 44.2 Å². The van der Waals surface area contributed by atoms with Crippen molar-refractivity contribution in [1.29, 1.82) is 0 Å². The summed E-state index contributed by atoms with van der Waals surface area (Å²) in [6.45, 7) is 0.840. The molecule has 0 heterocycles. The fraction of sp³-hybridized carbons (Fsp3) is 0.818. The number of hydrogen-bond donors (Lipinski definition) is 2. The second kappa shape index (κ2) is 4.82. The van der Waals surface area contributed by atoms with Crippen molar-refractivity contribution in [3.63, 3.8) is 0 Å². The minimum atomic E-state index is -0.798. The van der Waals surface area contributed by atoms with Gasteiger partial charge in [0, 0.05) is 18.6 Å². The van der Waals surface area contributed by atoms with E-state index < -0.39 is 5.97 Å². The summed E-state index contributed by atoms with van der Waals surface area (Å²) in [6.07, 6.45) is 4.48. The molecule has 2 aliphatic carbocycles. The highest BCUT2D eigenvalue weighted by Gasteiger charge is 2.31. The number of nitrogens with zero attached hydrogens (tertiary/aromatic N) is 1. The zero-order chi connectivity index (χ0) is 11.5. The molecule has 0 spiro atoms. The van der Waals surface area contributed by atoms with Crippen LogP contribution >= 0.6 is 0 Å². The van der Waals surface area contributed by atoms with Gasteiger partial charge in [-0.1, -0.05) is 0 Å². The van der Waals surface area contributed by atoms with Crippen LogP contribution in [-0.4, -0.2) is 47.1 Å². The van der Waals surface area contributed by atoms with Crippen LogP contribution in [0, 0.1) is 0 Å². The van der Waals surface area contributed by atoms with Crippen LogP contribution in [-0.2, 0) is 9.59 Å². The number of carbonyl (C=O) groups is 2. The molecule has 2 aliphatic rings. The lowest BCUT2D eigenvalue weighted by atomic mass is 10.3. The van der Waals surface area contributed by atoms with Gasteiger partial charge in [-0.05, 0) is 25.7 Å². The molecule has 5 nitrogen and oxygen atoms in total. The number of carbonyl (C=O) groups excluding carboxylic acids is 1. The van der Waals surface area contributed by atoms with Crippen LogP contribution in [0.15, 0.2) is 0 Å². The number of amides is 1. The minimum Gasteiger partial charge on any atom is -0.481 e. The van der Waals surface area contributed by atoms with E-state index in [-0.39, 0.29) is 12.3 Å². The Morgan fingerprint density at radius 3 is 2.44 bits per heavy atom. The number of nitrogens with one attached hydrogen (secondary N) is 1. The molecule has 16 heavy (non-hydrogen) atoms. The molecule has 2 fully saturated rings. The molecular weight excluding hydrogens is 208 g/mol. The average Bonchev–Trinajstić information content (AvgIpc) is 3.02. The monoisotopic (exact) mass is 226 g/mol. The Hall–Kier alpha value is -1.10. The van der Waals surface area contributed by atoms with Gasteiger partial charge in [0.05, 0.1) is 13.0 Å². The van der Waals surface area contributed by atoms with Crippen LogP contribution in [0.2, 0.25) is 0 Å². The Bertz CT molecular complexity index is 285. The molecule has 90 valence electrons. The van der Waals surface area contributed by atoms with Gasteiger partial charge < -0.3 is 10.4 Å². The van der Waals surface area contributed by atoms with Gasteiger partial charge in [-0.15, -0.1) is 0 Å². The molecule has 0 atom stereocenters. The third kappa shape index (κ3) is 3.81. The number of aliphatic carboxylic acids is 1. The van der Waals surface area contributed by atoms with Gasteiger partial charge >= 0.3 is 5.97 Å². The van der Waals surface area contributed by atoms with Crippen molar-refractivity contribution < 1.29 is 14.7 Å².